The molecule has 3 aromatic rings. The Morgan fingerprint density at radius 1 is 0.914 bits per heavy atom. The minimum absolute atomic E-state index is 0.203. The highest BCUT2D eigenvalue weighted by atomic mass is 32.2. The first-order valence-corrected chi connectivity index (χ1v) is 13.1. The standard InChI is InChI=1S/C25H28N6O3S/c26-22-8-5-19(18-3-6-20(7-4-18)35(32,33)31-9-1-2-10-31)15-21(22)25(27)23-16-24(29-17-28-23)30-11-13-34-14-12-30/h3-8,15-17,27H,1-2,9-14,26H2. The number of nitrogens with two attached hydrogens (primary N) is 1. The zero-order valence-electron chi connectivity index (χ0n) is 19.4. The molecule has 0 unspecified atom stereocenters. The van der Waals surface area contributed by atoms with Crippen LogP contribution < -0.4 is 10.6 Å². The van der Waals surface area contributed by atoms with Gasteiger partial charge in [-0.05, 0) is 48.2 Å². The summed E-state index contributed by atoms with van der Waals surface area (Å²) in [7, 11) is -3.46. The fraction of sp³-hybridized carbons (Fsp3) is 0.320. The number of hydrogen-bond acceptors (Lipinski definition) is 8. The third-order valence-electron chi connectivity index (χ3n) is 6.46. The van der Waals surface area contributed by atoms with Crippen molar-refractivity contribution in [3.8, 4) is 11.1 Å². The molecule has 0 bridgehead atoms. The first-order chi connectivity index (χ1) is 16.9. The quantitative estimate of drug-likeness (QED) is 0.400. The van der Waals surface area contributed by atoms with Gasteiger partial charge in [-0.25, -0.2) is 18.4 Å². The maximum absolute atomic E-state index is 12.8. The van der Waals surface area contributed by atoms with Crippen molar-refractivity contribution in [1.29, 1.82) is 5.41 Å². The predicted octanol–water partition coefficient (Wildman–Crippen LogP) is 2.76. The van der Waals surface area contributed by atoms with E-state index in [4.69, 9.17) is 15.9 Å². The molecule has 3 heterocycles. The van der Waals surface area contributed by atoms with Gasteiger partial charge in [0.15, 0.2) is 0 Å². The lowest BCUT2D eigenvalue weighted by Gasteiger charge is -2.27. The second-order valence-corrected chi connectivity index (χ2v) is 10.6. The number of sulfonamides is 1. The average Bonchev–Trinajstić information content (AvgIpc) is 3.46. The van der Waals surface area contributed by atoms with Crippen LogP contribution in [0.4, 0.5) is 11.5 Å². The van der Waals surface area contributed by atoms with Crippen LogP contribution in [0, 0.1) is 5.41 Å². The number of aromatic nitrogens is 2. The van der Waals surface area contributed by atoms with Crippen LogP contribution in [0.5, 0.6) is 0 Å². The Kier molecular flexibility index (Phi) is 6.50. The number of rotatable bonds is 6. The number of nitrogen functional groups attached to an aromatic ring is 1. The van der Waals surface area contributed by atoms with Gasteiger partial charge >= 0.3 is 0 Å². The molecular formula is C25H28N6O3S. The third-order valence-corrected chi connectivity index (χ3v) is 8.37. The SMILES string of the molecule is N=C(c1cc(N2CCOCC2)ncn1)c1cc(-c2ccc(S(=O)(=O)N3CCCC3)cc2)ccc1N. The molecule has 0 saturated carbocycles. The van der Waals surface area contributed by atoms with Crippen LogP contribution in [0.3, 0.4) is 0 Å². The Hall–Kier alpha value is -3.34. The number of ether oxygens (including phenoxy) is 1. The van der Waals surface area contributed by atoms with E-state index >= 15 is 0 Å². The Morgan fingerprint density at radius 2 is 1.60 bits per heavy atom. The molecule has 2 saturated heterocycles. The van der Waals surface area contributed by atoms with Crippen molar-refractivity contribution < 1.29 is 13.2 Å². The van der Waals surface area contributed by atoms with Gasteiger partial charge in [-0.1, -0.05) is 18.2 Å². The van der Waals surface area contributed by atoms with Gasteiger partial charge in [0.1, 0.15) is 12.1 Å². The topological polar surface area (TPSA) is 126 Å². The third kappa shape index (κ3) is 4.77. The van der Waals surface area contributed by atoms with Crippen molar-refractivity contribution >= 4 is 27.2 Å². The molecule has 0 aliphatic carbocycles. The summed E-state index contributed by atoms with van der Waals surface area (Å²) in [5, 5.41) is 8.79. The first kappa shape index (κ1) is 23.4. The van der Waals surface area contributed by atoms with E-state index in [0.29, 0.717) is 48.1 Å². The second-order valence-electron chi connectivity index (χ2n) is 8.67. The van der Waals surface area contributed by atoms with E-state index < -0.39 is 10.0 Å². The number of morpholine rings is 1. The lowest BCUT2D eigenvalue weighted by Crippen LogP contribution is -2.36. The van der Waals surface area contributed by atoms with Gasteiger partial charge in [0.05, 0.1) is 29.5 Å². The fourth-order valence-electron chi connectivity index (χ4n) is 4.44. The van der Waals surface area contributed by atoms with Gasteiger partial charge in [0.2, 0.25) is 10.0 Å². The summed E-state index contributed by atoms with van der Waals surface area (Å²) in [6.07, 6.45) is 3.27. The van der Waals surface area contributed by atoms with Crippen LogP contribution in [0.1, 0.15) is 24.1 Å². The van der Waals surface area contributed by atoms with Crippen molar-refractivity contribution in [2.75, 3.05) is 50.0 Å². The van der Waals surface area contributed by atoms with Gasteiger partial charge in [-0.3, -0.25) is 5.41 Å². The van der Waals surface area contributed by atoms with E-state index in [-0.39, 0.29) is 5.71 Å². The second kappa shape index (κ2) is 9.73. The summed E-state index contributed by atoms with van der Waals surface area (Å²) in [6.45, 7) is 3.91. The molecule has 182 valence electrons. The normalized spacial score (nSPS) is 17.0. The van der Waals surface area contributed by atoms with Crippen molar-refractivity contribution in [1.82, 2.24) is 14.3 Å². The van der Waals surface area contributed by atoms with Gasteiger partial charge in [-0.15, -0.1) is 0 Å². The van der Waals surface area contributed by atoms with E-state index in [1.54, 1.807) is 36.4 Å². The van der Waals surface area contributed by atoms with Crippen LogP contribution in [-0.2, 0) is 14.8 Å². The highest BCUT2D eigenvalue weighted by molar-refractivity contribution is 7.89. The van der Waals surface area contributed by atoms with Crippen LogP contribution in [-0.4, -0.2) is 67.8 Å². The molecule has 0 amide bonds. The van der Waals surface area contributed by atoms with Crippen LogP contribution in [0.2, 0.25) is 0 Å². The van der Waals surface area contributed by atoms with Gasteiger partial charge in [0.25, 0.3) is 0 Å². The molecule has 2 fully saturated rings. The van der Waals surface area contributed by atoms with E-state index in [1.807, 2.05) is 12.1 Å². The molecule has 1 aromatic heterocycles. The maximum Gasteiger partial charge on any atom is 0.243 e. The van der Waals surface area contributed by atoms with Crippen molar-refractivity contribution in [3.63, 3.8) is 0 Å². The number of nitrogens with one attached hydrogen (secondary N) is 1. The average molecular weight is 493 g/mol. The summed E-state index contributed by atoms with van der Waals surface area (Å²) in [4.78, 5) is 11.1. The van der Waals surface area contributed by atoms with Gasteiger partial charge in [0, 0.05) is 43.5 Å². The Morgan fingerprint density at radius 3 is 2.31 bits per heavy atom. The molecule has 2 aromatic carbocycles. The summed E-state index contributed by atoms with van der Waals surface area (Å²) in [6, 6.07) is 14.2. The summed E-state index contributed by atoms with van der Waals surface area (Å²) < 4.78 is 32.6. The molecule has 35 heavy (non-hydrogen) atoms. The largest absolute Gasteiger partial charge is 0.398 e. The zero-order chi connectivity index (χ0) is 24.4. The van der Waals surface area contributed by atoms with Crippen LogP contribution in [0.15, 0.2) is 59.8 Å². The van der Waals surface area contributed by atoms with Gasteiger partial charge < -0.3 is 15.4 Å². The molecular weight excluding hydrogens is 464 g/mol. The van der Waals surface area contributed by atoms with Crippen molar-refractivity contribution in [2.45, 2.75) is 17.7 Å². The number of benzene rings is 2. The highest BCUT2D eigenvalue weighted by Gasteiger charge is 2.27. The van der Waals surface area contributed by atoms with Gasteiger partial charge in [-0.2, -0.15) is 4.31 Å². The van der Waals surface area contributed by atoms with Crippen LogP contribution >= 0.6 is 0 Å². The maximum atomic E-state index is 12.8. The Balaban J connectivity index is 1.41. The smallest absolute Gasteiger partial charge is 0.243 e. The molecule has 2 aliphatic heterocycles. The summed E-state index contributed by atoms with van der Waals surface area (Å²) in [5.41, 5.74) is 9.64. The van der Waals surface area contributed by atoms with Crippen LogP contribution in [0.25, 0.3) is 11.1 Å². The minimum Gasteiger partial charge on any atom is -0.398 e. The summed E-state index contributed by atoms with van der Waals surface area (Å²) in [5.74, 6) is 0.757. The molecule has 9 nitrogen and oxygen atoms in total. The molecule has 2 aliphatic rings. The predicted molar refractivity (Wildman–Crippen MR) is 135 cm³/mol. The molecule has 3 N–H and O–H groups in total. The number of hydrogen-bond donors (Lipinski definition) is 2. The Bertz CT molecular complexity index is 1330. The van der Waals surface area contributed by atoms with E-state index in [0.717, 1.165) is 42.9 Å². The molecule has 10 heteroatoms. The van der Waals surface area contributed by atoms with E-state index in [2.05, 4.69) is 14.9 Å². The highest BCUT2D eigenvalue weighted by Crippen LogP contribution is 2.28. The lowest BCUT2D eigenvalue weighted by atomic mass is 9.98. The minimum atomic E-state index is -3.46. The monoisotopic (exact) mass is 492 g/mol. The fourth-order valence-corrected chi connectivity index (χ4v) is 5.95. The summed E-state index contributed by atoms with van der Waals surface area (Å²) >= 11 is 0. The molecule has 0 radical (unpaired) electrons. The molecule has 5 rings (SSSR count). The number of anilines is 2. The van der Waals surface area contributed by atoms with E-state index in [9.17, 15) is 8.42 Å². The Labute approximate surface area is 205 Å². The zero-order valence-corrected chi connectivity index (χ0v) is 20.2. The first-order valence-electron chi connectivity index (χ1n) is 11.7. The molecule has 0 atom stereocenters. The molecule has 0 spiro atoms. The van der Waals surface area contributed by atoms with Crippen molar-refractivity contribution in [2.24, 2.45) is 0 Å². The van der Waals surface area contributed by atoms with E-state index in [1.165, 1.54) is 10.6 Å². The lowest BCUT2D eigenvalue weighted by molar-refractivity contribution is 0.122. The van der Waals surface area contributed by atoms with Crippen molar-refractivity contribution in [3.05, 3.63) is 66.1 Å². The number of nitrogens with zero attached hydrogens (tertiary/aromatic N) is 4.